The van der Waals surface area contributed by atoms with E-state index in [-0.39, 0.29) is 6.10 Å². The minimum Gasteiger partial charge on any atom is -0.393 e. The van der Waals surface area contributed by atoms with Crippen LogP contribution in [0.25, 0.3) is 0 Å². The normalized spacial score (nSPS) is 25.3. The maximum atomic E-state index is 9.66. The monoisotopic (exact) mass is 343 g/mol. The Morgan fingerprint density at radius 2 is 1.56 bits per heavy atom. The van der Waals surface area contributed by atoms with E-state index in [1.807, 2.05) is 0 Å². The molecular formula is C21H33N3O. The Labute approximate surface area is 152 Å². The second-order valence-electron chi connectivity index (χ2n) is 8.24. The Kier molecular flexibility index (Phi) is 5.30. The molecule has 1 saturated carbocycles. The third kappa shape index (κ3) is 4.36. The van der Waals surface area contributed by atoms with Crippen LogP contribution in [-0.2, 0) is 0 Å². The first-order valence-electron chi connectivity index (χ1n) is 10.2. The van der Waals surface area contributed by atoms with Crippen molar-refractivity contribution in [1.29, 1.82) is 0 Å². The largest absolute Gasteiger partial charge is 0.393 e. The molecule has 1 aromatic rings. The summed E-state index contributed by atoms with van der Waals surface area (Å²) in [5, 5.41) is 13.5. The second kappa shape index (κ2) is 7.65. The molecule has 3 fully saturated rings. The highest BCUT2D eigenvalue weighted by molar-refractivity contribution is 5.48. The molecule has 0 radical (unpaired) electrons. The van der Waals surface area contributed by atoms with Crippen molar-refractivity contribution in [2.45, 2.75) is 69.7 Å². The van der Waals surface area contributed by atoms with Crippen molar-refractivity contribution in [3.8, 4) is 0 Å². The number of piperidine rings is 2. The molecule has 0 bridgehead atoms. The Balaban J connectivity index is 1.27. The maximum absolute atomic E-state index is 9.66. The van der Waals surface area contributed by atoms with Gasteiger partial charge in [-0.05, 0) is 76.2 Å². The van der Waals surface area contributed by atoms with Gasteiger partial charge in [0.1, 0.15) is 0 Å². The fourth-order valence-electron chi connectivity index (χ4n) is 4.42. The van der Waals surface area contributed by atoms with E-state index in [1.165, 1.54) is 50.0 Å². The zero-order valence-electron chi connectivity index (χ0n) is 15.5. The van der Waals surface area contributed by atoms with Crippen molar-refractivity contribution in [3.05, 3.63) is 29.8 Å². The first-order valence-corrected chi connectivity index (χ1v) is 10.2. The SMILES string of the molecule is CC(NC1CCN(C2CC2)CC1)c1ccc(N2CCC(O)CC2)cc1. The predicted molar refractivity (Wildman–Crippen MR) is 103 cm³/mol. The molecule has 4 rings (SSSR count). The Morgan fingerprint density at radius 3 is 2.16 bits per heavy atom. The van der Waals surface area contributed by atoms with Gasteiger partial charge in [-0.1, -0.05) is 12.1 Å². The van der Waals surface area contributed by atoms with Crippen LogP contribution < -0.4 is 10.2 Å². The van der Waals surface area contributed by atoms with Crippen LogP contribution in [0.3, 0.4) is 0 Å². The van der Waals surface area contributed by atoms with Crippen molar-refractivity contribution in [2.24, 2.45) is 0 Å². The van der Waals surface area contributed by atoms with Crippen LogP contribution >= 0.6 is 0 Å². The lowest BCUT2D eigenvalue weighted by Crippen LogP contribution is -2.44. The number of benzene rings is 1. The standard InChI is InChI=1S/C21H33N3O/c1-16(22-18-8-12-23(13-9-18)20-6-7-20)17-2-4-19(5-3-17)24-14-10-21(25)11-15-24/h2-5,16,18,20-22,25H,6-15H2,1H3. The molecule has 1 aromatic carbocycles. The van der Waals surface area contributed by atoms with Crippen molar-refractivity contribution in [2.75, 3.05) is 31.1 Å². The molecule has 25 heavy (non-hydrogen) atoms. The lowest BCUT2D eigenvalue weighted by atomic mass is 10.0. The molecule has 138 valence electrons. The minimum absolute atomic E-state index is 0.105. The van der Waals surface area contributed by atoms with Gasteiger partial charge in [0.25, 0.3) is 0 Å². The van der Waals surface area contributed by atoms with Gasteiger partial charge < -0.3 is 20.2 Å². The fraction of sp³-hybridized carbons (Fsp3) is 0.714. The summed E-state index contributed by atoms with van der Waals surface area (Å²) in [6, 6.07) is 11.0. The van der Waals surface area contributed by atoms with Crippen molar-refractivity contribution in [1.82, 2.24) is 10.2 Å². The first-order chi connectivity index (χ1) is 12.2. The number of rotatable bonds is 5. The predicted octanol–water partition coefficient (Wildman–Crippen LogP) is 2.93. The van der Waals surface area contributed by atoms with Gasteiger partial charge in [0.15, 0.2) is 0 Å². The summed E-state index contributed by atoms with van der Waals surface area (Å²) in [5.41, 5.74) is 2.67. The van der Waals surface area contributed by atoms with Gasteiger partial charge in [0.05, 0.1) is 6.10 Å². The van der Waals surface area contributed by atoms with Gasteiger partial charge in [-0.15, -0.1) is 0 Å². The highest BCUT2D eigenvalue weighted by Crippen LogP contribution is 2.30. The van der Waals surface area contributed by atoms with Crippen molar-refractivity contribution in [3.63, 3.8) is 0 Å². The smallest absolute Gasteiger partial charge is 0.0574 e. The Hall–Kier alpha value is -1.10. The van der Waals surface area contributed by atoms with Crippen LogP contribution in [0, 0.1) is 0 Å². The molecular weight excluding hydrogens is 310 g/mol. The van der Waals surface area contributed by atoms with E-state index >= 15 is 0 Å². The number of aliphatic hydroxyl groups is 1. The Morgan fingerprint density at radius 1 is 0.920 bits per heavy atom. The summed E-state index contributed by atoms with van der Waals surface area (Å²) in [4.78, 5) is 5.08. The molecule has 1 unspecified atom stereocenters. The van der Waals surface area contributed by atoms with E-state index in [2.05, 4.69) is 46.3 Å². The summed E-state index contributed by atoms with van der Waals surface area (Å²) in [5.74, 6) is 0. The van der Waals surface area contributed by atoms with E-state index in [9.17, 15) is 5.11 Å². The molecule has 2 heterocycles. The lowest BCUT2D eigenvalue weighted by molar-refractivity contribution is 0.145. The fourth-order valence-corrected chi connectivity index (χ4v) is 4.42. The number of likely N-dealkylation sites (tertiary alicyclic amines) is 1. The van der Waals surface area contributed by atoms with Crippen LogP contribution in [0.5, 0.6) is 0 Å². The lowest BCUT2D eigenvalue weighted by Gasteiger charge is -2.34. The van der Waals surface area contributed by atoms with E-state index in [1.54, 1.807) is 0 Å². The topological polar surface area (TPSA) is 38.7 Å². The third-order valence-corrected chi connectivity index (χ3v) is 6.30. The number of nitrogens with one attached hydrogen (secondary N) is 1. The average molecular weight is 344 g/mol. The molecule has 0 aromatic heterocycles. The van der Waals surface area contributed by atoms with E-state index in [0.717, 1.165) is 32.0 Å². The molecule has 1 atom stereocenters. The zero-order chi connectivity index (χ0) is 17.2. The average Bonchev–Trinajstić information content (AvgIpc) is 3.48. The van der Waals surface area contributed by atoms with Crippen molar-refractivity contribution >= 4 is 5.69 Å². The molecule has 2 N–H and O–H groups in total. The van der Waals surface area contributed by atoms with Crippen LogP contribution in [0.2, 0.25) is 0 Å². The van der Waals surface area contributed by atoms with Crippen LogP contribution in [-0.4, -0.2) is 54.4 Å². The van der Waals surface area contributed by atoms with Crippen LogP contribution in [0.4, 0.5) is 5.69 Å². The molecule has 0 spiro atoms. The van der Waals surface area contributed by atoms with Crippen molar-refractivity contribution < 1.29 is 5.11 Å². The number of nitrogens with zero attached hydrogens (tertiary/aromatic N) is 2. The molecule has 0 amide bonds. The maximum Gasteiger partial charge on any atom is 0.0574 e. The van der Waals surface area contributed by atoms with Gasteiger partial charge in [-0.25, -0.2) is 0 Å². The summed E-state index contributed by atoms with van der Waals surface area (Å²) in [6.45, 7) is 6.77. The van der Waals surface area contributed by atoms with Gasteiger partial charge in [-0.2, -0.15) is 0 Å². The van der Waals surface area contributed by atoms with E-state index in [0.29, 0.717) is 12.1 Å². The molecule has 4 heteroatoms. The highest BCUT2D eigenvalue weighted by Gasteiger charge is 2.32. The molecule has 4 nitrogen and oxygen atoms in total. The molecule has 3 aliphatic rings. The number of aliphatic hydroxyl groups excluding tert-OH is 1. The van der Waals surface area contributed by atoms with Gasteiger partial charge in [-0.3, -0.25) is 0 Å². The van der Waals surface area contributed by atoms with Gasteiger partial charge >= 0.3 is 0 Å². The summed E-state index contributed by atoms with van der Waals surface area (Å²) < 4.78 is 0. The summed E-state index contributed by atoms with van der Waals surface area (Å²) in [6.07, 6.45) is 7.10. The quantitative estimate of drug-likeness (QED) is 0.862. The van der Waals surface area contributed by atoms with E-state index in [4.69, 9.17) is 0 Å². The highest BCUT2D eigenvalue weighted by atomic mass is 16.3. The minimum atomic E-state index is -0.105. The van der Waals surface area contributed by atoms with Gasteiger partial charge in [0.2, 0.25) is 0 Å². The number of hydrogen-bond donors (Lipinski definition) is 2. The molecule has 2 aliphatic heterocycles. The number of hydrogen-bond acceptors (Lipinski definition) is 4. The van der Waals surface area contributed by atoms with Gasteiger partial charge in [0, 0.05) is 36.9 Å². The Bertz CT molecular complexity index is 541. The second-order valence-corrected chi connectivity index (χ2v) is 8.24. The third-order valence-electron chi connectivity index (χ3n) is 6.30. The molecule has 1 aliphatic carbocycles. The zero-order valence-corrected chi connectivity index (χ0v) is 15.5. The number of anilines is 1. The molecule has 2 saturated heterocycles. The first kappa shape index (κ1) is 17.3. The van der Waals surface area contributed by atoms with Crippen LogP contribution in [0.15, 0.2) is 24.3 Å². The summed E-state index contributed by atoms with van der Waals surface area (Å²) >= 11 is 0. The van der Waals surface area contributed by atoms with E-state index < -0.39 is 0 Å². The van der Waals surface area contributed by atoms with Crippen LogP contribution in [0.1, 0.15) is 57.1 Å². The summed E-state index contributed by atoms with van der Waals surface area (Å²) in [7, 11) is 0.